The maximum absolute atomic E-state index is 9.19. The summed E-state index contributed by atoms with van der Waals surface area (Å²) >= 11 is 0. The van der Waals surface area contributed by atoms with Crippen LogP contribution in [0.3, 0.4) is 0 Å². The fourth-order valence-corrected chi connectivity index (χ4v) is 0.958. The summed E-state index contributed by atoms with van der Waals surface area (Å²) in [5.41, 5.74) is 0. The zero-order valence-corrected chi connectivity index (χ0v) is 7.35. The molecule has 0 saturated carbocycles. The lowest BCUT2D eigenvalue weighted by atomic mass is 10.2. The van der Waals surface area contributed by atoms with E-state index in [9.17, 15) is 5.11 Å². The van der Waals surface area contributed by atoms with Gasteiger partial charge in [-0.25, -0.2) is 0 Å². The van der Waals surface area contributed by atoms with Crippen molar-refractivity contribution in [3.8, 4) is 0 Å². The molecule has 0 spiro atoms. The molecule has 0 amide bonds. The molecule has 62 valence electrons. The Morgan fingerprint density at radius 1 is 1.50 bits per heavy atom. The van der Waals surface area contributed by atoms with E-state index in [0.717, 1.165) is 12.8 Å². The summed E-state index contributed by atoms with van der Waals surface area (Å²) in [7, 11) is 0. The highest BCUT2D eigenvalue weighted by Gasteiger charge is 2.15. The summed E-state index contributed by atoms with van der Waals surface area (Å²) in [5, 5.41) is 9.19. The van der Waals surface area contributed by atoms with Gasteiger partial charge in [0, 0.05) is 0 Å². The quantitative estimate of drug-likeness (QED) is 0.614. The Labute approximate surface area is 63.2 Å². The number of aliphatic hydroxyl groups is 1. The van der Waals surface area contributed by atoms with Crippen molar-refractivity contribution in [2.24, 2.45) is 0 Å². The second-order valence-corrected chi connectivity index (χ2v) is 3.16. The summed E-state index contributed by atoms with van der Waals surface area (Å²) in [4.78, 5) is 0. The lowest BCUT2D eigenvalue weighted by molar-refractivity contribution is -0.202. The number of hydrogen-bond donors (Lipinski definition) is 1. The smallest absolute Gasteiger partial charge is 0.160 e. The van der Waals surface area contributed by atoms with Crippen LogP contribution >= 0.6 is 0 Å². The Bertz CT molecular complexity index is 83.7. The number of hydrogen-bond acceptors (Lipinski definition) is 2. The largest absolute Gasteiger partial charge is 0.366 e. The van der Waals surface area contributed by atoms with E-state index in [1.807, 2.05) is 6.92 Å². The molecule has 0 heterocycles. The van der Waals surface area contributed by atoms with Crippen molar-refractivity contribution in [1.82, 2.24) is 0 Å². The van der Waals surface area contributed by atoms with Crippen molar-refractivity contribution in [1.29, 1.82) is 0 Å². The molecule has 0 rings (SSSR count). The second kappa shape index (κ2) is 3.94. The van der Waals surface area contributed by atoms with Gasteiger partial charge >= 0.3 is 0 Å². The van der Waals surface area contributed by atoms with E-state index in [1.54, 1.807) is 13.8 Å². The van der Waals surface area contributed by atoms with Gasteiger partial charge in [0.1, 0.15) is 0 Å². The average Bonchev–Trinajstić information content (AvgIpc) is 1.59. The third-order valence-corrected chi connectivity index (χ3v) is 1.18. The highest BCUT2D eigenvalue weighted by molar-refractivity contribution is 4.55. The Morgan fingerprint density at radius 3 is 2.30 bits per heavy atom. The SMILES string of the molecule is CCC[C@H](C)OC(C)(C)O. The molecule has 10 heavy (non-hydrogen) atoms. The van der Waals surface area contributed by atoms with Gasteiger partial charge in [-0.2, -0.15) is 0 Å². The molecule has 0 bridgehead atoms. The minimum Gasteiger partial charge on any atom is -0.366 e. The maximum Gasteiger partial charge on any atom is 0.160 e. The summed E-state index contributed by atoms with van der Waals surface area (Å²) < 4.78 is 5.23. The van der Waals surface area contributed by atoms with E-state index >= 15 is 0 Å². The van der Waals surface area contributed by atoms with Crippen LogP contribution in [-0.2, 0) is 4.74 Å². The normalized spacial score (nSPS) is 15.3. The van der Waals surface area contributed by atoms with Crippen LogP contribution in [0.5, 0.6) is 0 Å². The van der Waals surface area contributed by atoms with E-state index < -0.39 is 5.79 Å². The van der Waals surface area contributed by atoms with E-state index in [4.69, 9.17) is 4.74 Å². The molecule has 0 aromatic rings. The zero-order chi connectivity index (χ0) is 8.20. The van der Waals surface area contributed by atoms with Gasteiger partial charge in [-0.1, -0.05) is 13.3 Å². The molecule has 0 aliphatic carbocycles. The lowest BCUT2D eigenvalue weighted by Crippen LogP contribution is -2.28. The molecule has 0 aromatic heterocycles. The molecule has 0 radical (unpaired) electrons. The first-order valence-electron chi connectivity index (χ1n) is 3.86. The monoisotopic (exact) mass is 146 g/mol. The zero-order valence-electron chi connectivity index (χ0n) is 7.35. The molecule has 0 unspecified atom stereocenters. The van der Waals surface area contributed by atoms with Crippen molar-refractivity contribution in [3.63, 3.8) is 0 Å². The van der Waals surface area contributed by atoms with Gasteiger partial charge < -0.3 is 9.84 Å². The molecule has 0 aromatic carbocycles. The third kappa shape index (κ3) is 6.05. The van der Waals surface area contributed by atoms with Crippen molar-refractivity contribution in [3.05, 3.63) is 0 Å². The Hall–Kier alpha value is -0.0800. The van der Waals surface area contributed by atoms with Gasteiger partial charge in [-0.05, 0) is 27.2 Å². The molecule has 0 aliphatic rings. The fourth-order valence-electron chi connectivity index (χ4n) is 0.958. The molecule has 2 nitrogen and oxygen atoms in total. The summed E-state index contributed by atoms with van der Waals surface area (Å²) in [5.74, 6) is -0.978. The van der Waals surface area contributed by atoms with Crippen LogP contribution in [-0.4, -0.2) is 17.0 Å². The molecular weight excluding hydrogens is 128 g/mol. The maximum atomic E-state index is 9.19. The van der Waals surface area contributed by atoms with Crippen LogP contribution in [0.25, 0.3) is 0 Å². The molecule has 0 fully saturated rings. The minimum absolute atomic E-state index is 0.157. The lowest BCUT2D eigenvalue weighted by Gasteiger charge is -2.23. The van der Waals surface area contributed by atoms with Crippen molar-refractivity contribution < 1.29 is 9.84 Å². The van der Waals surface area contributed by atoms with E-state index in [2.05, 4.69) is 6.92 Å². The molecular formula is C8H18O2. The second-order valence-electron chi connectivity index (χ2n) is 3.16. The highest BCUT2D eigenvalue weighted by atomic mass is 16.6. The first-order valence-corrected chi connectivity index (χ1v) is 3.86. The van der Waals surface area contributed by atoms with Gasteiger partial charge in [0.15, 0.2) is 5.79 Å². The third-order valence-electron chi connectivity index (χ3n) is 1.18. The Morgan fingerprint density at radius 2 is 2.00 bits per heavy atom. The van der Waals surface area contributed by atoms with E-state index in [1.165, 1.54) is 0 Å². The first kappa shape index (κ1) is 9.92. The molecule has 1 N–H and O–H groups in total. The number of rotatable bonds is 4. The van der Waals surface area contributed by atoms with Gasteiger partial charge in [-0.15, -0.1) is 0 Å². The Balaban J connectivity index is 3.47. The fraction of sp³-hybridized carbons (Fsp3) is 1.00. The summed E-state index contributed by atoms with van der Waals surface area (Å²) in [6.07, 6.45) is 2.26. The van der Waals surface area contributed by atoms with Gasteiger partial charge in [-0.3, -0.25) is 0 Å². The van der Waals surface area contributed by atoms with Crippen LogP contribution in [0, 0.1) is 0 Å². The first-order chi connectivity index (χ1) is 4.45. The highest BCUT2D eigenvalue weighted by Crippen LogP contribution is 2.10. The van der Waals surface area contributed by atoms with Crippen LogP contribution in [0.2, 0.25) is 0 Å². The van der Waals surface area contributed by atoms with E-state index in [0.29, 0.717) is 0 Å². The van der Waals surface area contributed by atoms with Crippen LogP contribution in [0.4, 0.5) is 0 Å². The predicted molar refractivity (Wildman–Crippen MR) is 41.8 cm³/mol. The standard InChI is InChI=1S/C8H18O2/c1-5-6-7(2)10-8(3,4)9/h7,9H,5-6H2,1-4H3/t7-/m0/s1. The van der Waals surface area contributed by atoms with Crippen LogP contribution < -0.4 is 0 Å². The average molecular weight is 146 g/mol. The Kier molecular flexibility index (Phi) is 3.91. The van der Waals surface area contributed by atoms with Crippen molar-refractivity contribution in [2.45, 2.75) is 52.4 Å². The predicted octanol–water partition coefficient (Wildman–Crippen LogP) is 1.92. The minimum atomic E-state index is -0.978. The van der Waals surface area contributed by atoms with E-state index in [-0.39, 0.29) is 6.10 Å². The van der Waals surface area contributed by atoms with Crippen molar-refractivity contribution in [2.75, 3.05) is 0 Å². The molecule has 0 aliphatic heterocycles. The number of ether oxygens (including phenoxy) is 1. The van der Waals surface area contributed by atoms with Crippen LogP contribution in [0.15, 0.2) is 0 Å². The van der Waals surface area contributed by atoms with Gasteiger partial charge in [0.25, 0.3) is 0 Å². The molecule has 0 saturated heterocycles. The molecule has 2 heteroatoms. The summed E-state index contributed by atoms with van der Waals surface area (Å²) in [6, 6.07) is 0. The van der Waals surface area contributed by atoms with Crippen LogP contribution in [0.1, 0.15) is 40.5 Å². The molecule has 1 atom stereocenters. The van der Waals surface area contributed by atoms with Crippen molar-refractivity contribution >= 4 is 0 Å². The summed E-state index contributed by atoms with van der Waals surface area (Å²) in [6.45, 7) is 7.38. The van der Waals surface area contributed by atoms with Gasteiger partial charge in [0.05, 0.1) is 6.10 Å². The topological polar surface area (TPSA) is 29.5 Å². The van der Waals surface area contributed by atoms with Gasteiger partial charge in [0.2, 0.25) is 0 Å².